The molecule has 1 heterocycles. The lowest BCUT2D eigenvalue weighted by atomic mass is 10.0. The van der Waals surface area contributed by atoms with E-state index in [-0.39, 0.29) is 6.04 Å². The zero-order valence-corrected chi connectivity index (χ0v) is 10.2. The molecule has 0 aliphatic rings. The van der Waals surface area contributed by atoms with Gasteiger partial charge in [0.25, 0.3) is 0 Å². The minimum absolute atomic E-state index is 0.244. The first-order valence-electron chi connectivity index (χ1n) is 5.81. The van der Waals surface area contributed by atoms with Crippen LogP contribution in [0.4, 0.5) is 11.5 Å². The van der Waals surface area contributed by atoms with E-state index in [9.17, 15) is 0 Å². The summed E-state index contributed by atoms with van der Waals surface area (Å²) in [5.74, 6) is 0.753. The standard InChI is InChI=1S/C13H18N4/c1-3-12(10-7-5-4-6-8-10)15-13-11(14)9-17(2)16-13/h4-9,12H,3,14H2,1-2H3,(H,15,16). The maximum absolute atomic E-state index is 5.88. The number of aromatic nitrogens is 2. The maximum Gasteiger partial charge on any atom is 0.171 e. The van der Waals surface area contributed by atoms with E-state index in [0.717, 1.165) is 12.2 Å². The normalized spacial score (nSPS) is 12.4. The molecule has 0 amide bonds. The Morgan fingerprint density at radius 3 is 2.59 bits per heavy atom. The Hall–Kier alpha value is -1.97. The van der Waals surface area contributed by atoms with Crippen molar-refractivity contribution in [3.8, 4) is 0 Å². The van der Waals surface area contributed by atoms with Crippen LogP contribution < -0.4 is 11.1 Å². The van der Waals surface area contributed by atoms with Gasteiger partial charge in [-0.15, -0.1) is 0 Å². The molecule has 0 bridgehead atoms. The molecular weight excluding hydrogens is 212 g/mol. The molecule has 1 aromatic carbocycles. The highest BCUT2D eigenvalue weighted by Gasteiger charge is 2.12. The molecule has 17 heavy (non-hydrogen) atoms. The number of hydrogen-bond acceptors (Lipinski definition) is 3. The van der Waals surface area contributed by atoms with E-state index in [2.05, 4.69) is 29.5 Å². The molecule has 90 valence electrons. The van der Waals surface area contributed by atoms with Gasteiger partial charge in [0.1, 0.15) is 0 Å². The Labute approximate surface area is 101 Å². The van der Waals surface area contributed by atoms with Crippen molar-refractivity contribution in [3.63, 3.8) is 0 Å². The topological polar surface area (TPSA) is 55.9 Å². The van der Waals surface area contributed by atoms with Crippen molar-refractivity contribution in [1.29, 1.82) is 0 Å². The summed E-state index contributed by atoms with van der Waals surface area (Å²) in [7, 11) is 1.87. The molecule has 4 nitrogen and oxygen atoms in total. The minimum atomic E-state index is 0.244. The van der Waals surface area contributed by atoms with Crippen LogP contribution in [0.1, 0.15) is 24.9 Å². The Morgan fingerprint density at radius 2 is 2.06 bits per heavy atom. The molecule has 0 radical (unpaired) electrons. The lowest BCUT2D eigenvalue weighted by molar-refractivity contribution is 0.724. The van der Waals surface area contributed by atoms with Crippen LogP contribution in [0.25, 0.3) is 0 Å². The molecule has 0 spiro atoms. The van der Waals surface area contributed by atoms with Gasteiger partial charge in [-0.3, -0.25) is 4.68 Å². The summed E-state index contributed by atoms with van der Waals surface area (Å²) in [4.78, 5) is 0. The SMILES string of the molecule is CCC(Nc1nn(C)cc1N)c1ccccc1. The monoisotopic (exact) mass is 230 g/mol. The quantitative estimate of drug-likeness (QED) is 0.848. The van der Waals surface area contributed by atoms with Crippen molar-refractivity contribution < 1.29 is 0 Å². The van der Waals surface area contributed by atoms with Gasteiger partial charge >= 0.3 is 0 Å². The van der Waals surface area contributed by atoms with Crippen molar-refractivity contribution >= 4 is 11.5 Å². The highest BCUT2D eigenvalue weighted by molar-refractivity contribution is 5.60. The van der Waals surface area contributed by atoms with E-state index in [0.29, 0.717) is 5.69 Å². The van der Waals surface area contributed by atoms with Gasteiger partial charge in [-0.2, -0.15) is 5.10 Å². The summed E-state index contributed by atoms with van der Waals surface area (Å²) in [6.45, 7) is 2.14. The van der Waals surface area contributed by atoms with Crippen LogP contribution in [0, 0.1) is 0 Å². The molecule has 2 rings (SSSR count). The number of aryl methyl sites for hydroxylation is 1. The average molecular weight is 230 g/mol. The van der Waals surface area contributed by atoms with Gasteiger partial charge in [-0.05, 0) is 12.0 Å². The van der Waals surface area contributed by atoms with Gasteiger partial charge in [0, 0.05) is 13.2 Å². The van der Waals surface area contributed by atoms with E-state index >= 15 is 0 Å². The van der Waals surface area contributed by atoms with Crippen molar-refractivity contribution in [2.24, 2.45) is 7.05 Å². The van der Waals surface area contributed by atoms with Crippen LogP contribution in [-0.4, -0.2) is 9.78 Å². The average Bonchev–Trinajstić information content (AvgIpc) is 2.66. The first-order valence-corrected chi connectivity index (χ1v) is 5.81. The van der Waals surface area contributed by atoms with Gasteiger partial charge in [-0.25, -0.2) is 0 Å². The largest absolute Gasteiger partial charge is 0.394 e. The number of benzene rings is 1. The van der Waals surface area contributed by atoms with Crippen molar-refractivity contribution in [1.82, 2.24) is 9.78 Å². The molecule has 0 aliphatic heterocycles. The fourth-order valence-corrected chi connectivity index (χ4v) is 1.89. The Balaban J connectivity index is 2.18. The molecule has 1 aromatic heterocycles. The van der Waals surface area contributed by atoms with E-state index in [1.54, 1.807) is 10.9 Å². The number of nitrogen functional groups attached to an aromatic ring is 1. The van der Waals surface area contributed by atoms with E-state index in [1.165, 1.54) is 5.56 Å². The Bertz CT molecular complexity index is 475. The third kappa shape index (κ3) is 2.58. The second kappa shape index (κ2) is 4.91. The maximum atomic E-state index is 5.88. The van der Waals surface area contributed by atoms with Gasteiger partial charge < -0.3 is 11.1 Å². The molecule has 0 saturated heterocycles. The molecule has 4 heteroatoms. The number of nitrogens with zero attached hydrogens (tertiary/aromatic N) is 2. The van der Waals surface area contributed by atoms with E-state index in [4.69, 9.17) is 5.73 Å². The summed E-state index contributed by atoms with van der Waals surface area (Å²) >= 11 is 0. The van der Waals surface area contributed by atoms with Crippen LogP contribution in [0.3, 0.4) is 0 Å². The number of nitrogens with two attached hydrogens (primary N) is 1. The first kappa shape index (κ1) is 11.5. The second-order valence-electron chi connectivity index (χ2n) is 4.12. The third-order valence-electron chi connectivity index (χ3n) is 2.78. The first-order chi connectivity index (χ1) is 8.20. The fraction of sp³-hybridized carbons (Fsp3) is 0.308. The highest BCUT2D eigenvalue weighted by Crippen LogP contribution is 2.24. The van der Waals surface area contributed by atoms with Crippen molar-refractivity contribution in [2.75, 3.05) is 11.1 Å². The lowest BCUT2D eigenvalue weighted by Crippen LogP contribution is -2.11. The van der Waals surface area contributed by atoms with Crippen LogP contribution >= 0.6 is 0 Å². The van der Waals surface area contributed by atoms with Crippen LogP contribution in [0.2, 0.25) is 0 Å². The molecule has 1 unspecified atom stereocenters. The predicted octanol–water partition coefficient (Wildman–Crippen LogP) is 2.57. The molecule has 2 aromatic rings. The Kier molecular flexibility index (Phi) is 3.32. The van der Waals surface area contributed by atoms with Crippen LogP contribution in [0.5, 0.6) is 0 Å². The molecule has 0 saturated carbocycles. The minimum Gasteiger partial charge on any atom is -0.394 e. The van der Waals surface area contributed by atoms with Crippen LogP contribution in [0.15, 0.2) is 36.5 Å². The van der Waals surface area contributed by atoms with E-state index in [1.807, 2.05) is 25.2 Å². The third-order valence-corrected chi connectivity index (χ3v) is 2.78. The van der Waals surface area contributed by atoms with Gasteiger partial charge in [0.15, 0.2) is 5.82 Å². The molecule has 0 fully saturated rings. The van der Waals surface area contributed by atoms with Crippen molar-refractivity contribution in [3.05, 3.63) is 42.1 Å². The second-order valence-corrected chi connectivity index (χ2v) is 4.12. The molecule has 3 N–H and O–H groups in total. The summed E-state index contributed by atoms with van der Waals surface area (Å²) in [6, 6.07) is 10.6. The molecule has 1 atom stereocenters. The van der Waals surface area contributed by atoms with Gasteiger partial charge in [-0.1, -0.05) is 37.3 Å². The number of nitrogens with one attached hydrogen (secondary N) is 1. The van der Waals surface area contributed by atoms with E-state index < -0.39 is 0 Å². The van der Waals surface area contributed by atoms with Crippen LogP contribution in [-0.2, 0) is 7.05 Å². The summed E-state index contributed by atoms with van der Waals surface area (Å²) in [5, 5.41) is 7.68. The number of hydrogen-bond donors (Lipinski definition) is 2. The molecule has 0 aliphatic carbocycles. The molecular formula is C13H18N4. The zero-order chi connectivity index (χ0) is 12.3. The smallest absolute Gasteiger partial charge is 0.171 e. The Morgan fingerprint density at radius 1 is 1.35 bits per heavy atom. The highest BCUT2D eigenvalue weighted by atomic mass is 15.3. The lowest BCUT2D eigenvalue weighted by Gasteiger charge is -2.17. The number of rotatable bonds is 4. The zero-order valence-electron chi connectivity index (χ0n) is 10.2. The van der Waals surface area contributed by atoms with Gasteiger partial charge in [0.05, 0.1) is 11.7 Å². The number of anilines is 2. The van der Waals surface area contributed by atoms with Crippen molar-refractivity contribution in [2.45, 2.75) is 19.4 Å². The summed E-state index contributed by atoms with van der Waals surface area (Å²) < 4.78 is 1.72. The van der Waals surface area contributed by atoms with Gasteiger partial charge in [0.2, 0.25) is 0 Å². The predicted molar refractivity (Wildman–Crippen MR) is 70.7 cm³/mol. The fourth-order valence-electron chi connectivity index (χ4n) is 1.89. The summed E-state index contributed by atoms with van der Waals surface area (Å²) in [6.07, 6.45) is 2.79. The summed E-state index contributed by atoms with van der Waals surface area (Å²) in [5.41, 5.74) is 7.81.